The number of nitrogens with one attached hydrogen (secondary N) is 1. The van der Waals surface area contributed by atoms with E-state index in [4.69, 9.17) is 11.6 Å². The number of hydrogen-bond acceptors (Lipinski definition) is 3. The first-order chi connectivity index (χ1) is 9.10. The summed E-state index contributed by atoms with van der Waals surface area (Å²) < 4.78 is 1.67. The molecule has 1 aromatic heterocycles. The first-order valence-electron chi connectivity index (χ1n) is 6.33. The third-order valence-corrected chi connectivity index (χ3v) is 3.40. The Morgan fingerprint density at radius 2 is 2.42 bits per heavy atom. The van der Waals surface area contributed by atoms with E-state index in [1.807, 2.05) is 6.92 Å². The lowest BCUT2D eigenvalue weighted by Gasteiger charge is -2.13. The average Bonchev–Trinajstić information content (AvgIpc) is 2.95. The predicted octanol–water partition coefficient (Wildman–Crippen LogP) is 0.521. The summed E-state index contributed by atoms with van der Waals surface area (Å²) in [7, 11) is 0. The zero-order valence-corrected chi connectivity index (χ0v) is 11.6. The van der Waals surface area contributed by atoms with Gasteiger partial charge in [0.05, 0.1) is 23.7 Å². The minimum atomic E-state index is -0.228. The van der Waals surface area contributed by atoms with Crippen molar-refractivity contribution in [1.29, 1.82) is 0 Å². The van der Waals surface area contributed by atoms with Crippen LogP contribution in [0.15, 0.2) is 12.4 Å². The number of nitrogens with zero attached hydrogens (tertiary/aromatic N) is 3. The van der Waals surface area contributed by atoms with E-state index in [2.05, 4.69) is 10.4 Å². The average molecular weight is 285 g/mol. The summed E-state index contributed by atoms with van der Waals surface area (Å²) in [5.74, 6) is -0.238. The summed E-state index contributed by atoms with van der Waals surface area (Å²) >= 11 is 5.74. The third kappa shape index (κ3) is 3.47. The second-order valence-electron chi connectivity index (χ2n) is 4.55. The number of halogens is 1. The molecule has 0 bridgehead atoms. The van der Waals surface area contributed by atoms with Crippen molar-refractivity contribution in [3.8, 4) is 0 Å². The van der Waals surface area contributed by atoms with E-state index in [1.165, 1.54) is 0 Å². The lowest BCUT2D eigenvalue weighted by atomic mass is 10.1. The Bertz CT molecular complexity index is 474. The quantitative estimate of drug-likeness (QED) is 0.857. The molecule has 0 aromatic carbocycles. The first-order valence-corrected chi connectivity index (χ1v) is 6.71. The molecule has 2 amide bonds. The molecule has 1 aromatic rings. The molecule has 6 nitrogen and oxygen atoms in total. The molecule has 1 N–H and O–H groups in total. The van der Waals surface area contributed by atoms with Gasteiger partial charge in [-0.2, -0.15) is 5.10 Å². The first kappa shape index (κ1) is 13.9. The van der Waals surface area contributed by atoms with E-state index in [-0.39, 0.29) is 17.7 Å². The molecule has 104 valence electrons. The van der Waals surface area contributed by atoms with Crippen molar-refractivity contribution in [3.63, 3.8) is 0 Å². The number of likely N-dealkylation sites (tertiary alicyclic amines) is 1. The molecule has 0 saturated carbocycles. The van der Waals surface area contributed by atoms with Gasteiger partial charge in [-0.15, -0.1) is 0 Å². The zero-order chi connectivity index (χ0) is 13.8. The summed E-state index contributed by atoms with van der Waals surface area (Å²) in [6.45, 7) is 4.15. The highest BCUT2D eigenvalue weighted by molar-refractivity contribution is 6.30. The molecule has 0 unspecified atom stereocenters. The number of aromatic nitrogens is 2. The Kier molecular flexibility index (Phi) is 4.42. The van der Waals surface area contributed by atoms with Crippen LogP contribution in [-0.2, 0) is 16.1 Å². The molecule has 1 aliphatic heterocycles. The van der Waals surface area contributed by atoms with Crippen molar-refractivity contribution in [2.45, 2.75) is 19.9 Å². The second-order valence-corrected chi connectivity index (χ2v) is 4.98. The zero-order valence-electron chi connectivity index (χ0n) is 10.8. The van der Waals surface area contributed by atoms with Crippen LogP contribution in [0.2, 0.25) is 5.02 Å². The van der Waals surface area contributed by atoms with Gasteiger partial charge in [0, 0.05) is 32.3 Å². The van der Waals surface area contributed by atoms with Gasteiger partial charge in [-0.3, -0.25) is 14.3 Å². The van der Waals surface area contributed by atoms with E-state index >= 15 is 0 Å². The number of carbonyl (C=O) groups excluding carboxylic acids is 2. The molecule has 19 heavy (non-hydrogen) atoms. The maximum Gasteiger partial charge on any atom is 0.225 e. The monoisotopic (exact) mass is 284 g/mol. The highest BCUT2D eigenvalue weighted by Gasteiger charge is 2.32. The van der Waals surface area contributed by atoms with Gasteiger partial charge < -0.3 is 10.2 Å². The topological polar surface area (TPSA) is 67.2 Å². The van der Waals surface area contributed by atoms with E-state index in [1.54, 1.807) is 22.0 Å². The van der Waals surface area contributed by atoms with Crippen molar-refractivity contribution < 1.29 is 9.59 Å². The summed E-state index contributed by atoms with van der Waals surface area (Å²) in [6, 6.07) is 0. The summed E-state index contributed by atoms with van der Waals surface area (Å²) in [5, 5.41) is 7.42. The fourth-order valence-electron chi connectivity index (χ4n) is 2.15. The van der Waals surface area contributed by atoms with Crippen molar-refractivity contribution in [1.82, 2.24) is 20.0 Å². The van der Waals surface area contributed by atoms with Crippen LogP contribution in [0, 0.1) is 5.92 Å². The molecule has 1 aliphatic rings. The standard InChI is InChI=1S/C12H17ClN4O2/c1-2-16-7-9(5-11(16)18)12(19)14-3-4-17-8-10(13)6-15-17/h6,8-9H,2-5,7H2,1H3,(H,14,19)/t9-/m0/s1. The smallest absolute Gasteiger partial charge is 0.225 e. The molecule has 7 heteroatoms. The van der Waals surface area contributed by atoms with E-state index in [0.717, 1.165) is 0 Å². The molecule has 2 rings (SSSR count). The van der Waals surface area contributed by atoms with Crippen molar-refractivity contribution in [2.75, 3.05) is 19.6 Å². The van der Waals surface area contributed by atoms with Gasteiger partial charge >= 0.3 is 0 Å². The molecule has 0 aliphatic carbocycles. The number of rotatable bonds is 5. The Balaban J connectivity index is 1.74. The Hall–Kier alpha value is -1.56. The van der Waals surface area contributed by atoms with E-state index in [0.29, 0.717) is 37.6 Å². The van der Waals surface area contributed by atoms with Crippen LogP contribution in [0.3, 0.4) is 0 Å². The van der Waals surface area contributed by atoms with Gasteiger partial charge in [-0.1, -0.05) is 11.6 Å². The minimum absolute atomic E-state index is 0.0570. The lowest BCUT2D eigenvalue weighted by Crippen LogP contribution is -2.34. The number of amides is 2. The van der Waals surface area contributed by atoms with E-state index < -0.39 is 0 Å². The van der Waals surface area contributed by atoms with Gasteiger partial charge in [-0.05, 0) is 6.92 Å². The van der Waals surface area contributed by atoms with Crippen LogP contribution < -0.4 is 5.32 Å². The molecule has 0 radical (unpaired) electrons. The Morgan fingerprint density at radius 3 is 3.00 bits per heavy atom. The lowest BCUT2D eigenvalue weighted by molar-refractivity contribution is -0.128. The fourth-order valence-corrected chi connectivity index (χ4v) is 2.31. The molecule has 1 saturated heterocycles. The van der Waals surface area contributed by atoms with Crippen LogP contribution in [-0.4, -0.2) is 46.1 Å². The maximum atomic E-state index is 11.9. The van der Waals surface area contributed by atoms with Gasteiger partial charge in [-0.25, -0.2) is 0 Å². The predicted molar refractivity (Wildman–Crippen MR) is 70.6 cm³/mol. The van der Waals surface area contributed by atoms with Gasteiger partial charge in [0.2, 0.25) is 11.8 Å². The van der Waals surface area contributed by atoms with Crippen molar-refractivity contribution in [3.05, 3.63) is 17.4 Å². The van der Waals surface area contributed by atoms with Crippen LogP contribution in [0.1, 0.15) is 13.3 Å². The van der Waals surface area contributed by atoms with Crippen molar-refractivity contribution >= 4 is 23.4 Å². The van der Waals surface area contributed by atoms with Crippen LogP contribution in [0.25, 0.3) is 0 Å². The highest BCUT2D eigenvalue weighted by Crippen LogP contribution is 2.17. The molecular weight excluding hydrogens is 268 g/mol. The maximum absolute atomic E-state index is 11.9. The normalized spacial score (nSPS) is 18.9. The number of hydrogen-bond donors (Lipinski definition) is 1. The van der Waals surface area contributed by atoms with Gasteiger partial charge in [0.15, 0.2) is 0 Å². The molecule has 2 heterocycles. The highest BCUT2D eigenvalue weighted by atomic mass is 35.5. The van der Waals surface area contributed by atoms with Crippen LogP contribution in [0.4, 0.5) is 0 Å². The molecule has 1 atom stereocenters. The summed E-state index contributed by atoms with van der Waals surface area (Å²) in [5.41, 5.74) is 0. The van der Waals surface area contributed by atoms with Crippen LogP contribution in [0.5, 0.6) is 0 Å². The third-order valence-electron chi connectivity index (χ3n) is 3.21. The Labute approximate surface area is 116 Å². The fraction of sp³-hybridized carbons (Fsp3) is 0.583. The van der Waals surface area contributed by atoms with Gasteiger partial charge in [0.25, 0.3) is 0 Å². The van der Waals surface area contributed by atoms with E-state index in [9.17, 15) is 9.59 Å². The Morgan fingerprint density at radius 1 is 1.63 bits per heavy atom. The molecule has 0 spiro atoms. The largest absolute Gasteiger partial charge is 0.354 e. The SMILES string of the molecule is CCN1C[C@@H](C(=O)NCCn2cc(Cl)cn2)CC1=O. The number of carbonyl (C=O) groups is 2. The second kappa shape index (κ2) is 6.06. The molecule has 1 fully saturated rings. The summed E-state index contributed by atoms with van der Waals surface area (Å²) in [6.07, 6.45) is 3.57. The van der Waals surface area contributed by atoms with Crippen molar-refractivity contribution in [2.24, 2.45) is 5.92 Å². The van der Waals surface area contributed by atoms with Gasteiger partial charge in [0.1, 0.15) is 0 Å². The van der Waals surface area contributed by atoms with Crippen LogP contribution >= 0.6 is 11.6 Å². The molecular formula is C12H17ClN4O2. The summed E-state index contributed by atoms with van der Waals surface area (Å²) in [4.78, 5) is 25.1. The minimum Gasteiger partial charge on any atom is -0.354 e.